The van der Waals surface area contributed by atoms with Gasteiger partial charge in [0, 0.05) is 12.6 Å². The summed E-state index contributed by atoms with van der Waals surface area (Å²) in [6, 6.07) is 0.826. The van der Waals surface area contributed by atoms with E-state index in [0.717, 1.165) is 6.04 Å². The quantitative estimate of drug-likeness (QED) is 0.493. The molecule has 2 saturated heterocycles. The number of nitrogens with one attached hydrogen (secondary N) is 1. The number of rotatable bonds is 0. The van der Waals surface area contributed by atoms with E-state index in [4.69, 9.17) is 0 Å². The minimum atomic E-state index is 0.826. The Kier molecular flexibility index (Phi) is 1.44. The summed E-state index contributed by atoms with van der Waals surface area (Å²) < 4.78 is 0. The zero-order valence-electron chi connectivity index (χ0n) is 5.77. The lowest BCUT2D eigenvalue weighted by Crippen LogP contribution is -2.28. The molecule has 2 aliphatic heterocycles. The van der Waals surface area contributed by atoms with Crippen molar-refractivity contribution in [3.05, 3.63) is 0 Å². The molecule has 0 aromatic carbocycles. The lowest BCUT2D eigenvalue weighted by Gasteiger charge is -2.10. The summed E-state index contributed by atoms with van der Waals surface area (Å²) in [5.41, 5.74) is 0. The second-order valence-corrected chi connectivity index (χ2v) is 3.09. The first-order valence-electron chi connectivity index (χ1n) is 3.91. The molecule has 2 heteroatoms. The molecular formula is C7H14N2. The molecule has 2 atom stereocenters. The van der Waals surface area contributed by atoms with Gasteiger partial charge in [-0.15, -0.1) is 0 Å². The van der Waals surface area contributed by atoms with Crippen molar-refractivity contribution < 1.29 is 0 Å². The standard InChI is InChI=1S/C7H14N2/c1-3-8-7-2-5-9(4-1)6-7/h7-8H,1-6H2. The van der Waals surface area contributed by atoms with Crippen LogP contribution in [0.1, 0.15) is 12.8 Å². The van der Waals surface area contributed by atoms with Gasteiger partial charge in [0.15, 0.2) is 0 Å². The lowest BCUT2D eigenvalue weighted by molar-refractivity contribution is 0.344. The van der Waals surface area contributed by atoms with Crippen LogP contribution in [0.5, 0.6) is 0 Å². The van der Waals surface area contributed by atoms with Gasteiger partial charge in [-0.3, -0.25) is 0 Å². The van der Waals surface area contributed by atoms with E-state index < -0.39 is 0 Å². The summed E-state index contributed by atoms with van der Waals surface area (Å²) in [6.45, 7) is 5.20. The molecule has 2 nitrogen and oxygen atoms in total. The van der Waals surface area contributed by atoms with Gasteiger partial charge in [0.25, 0.3) is 0 Å². The minimum absolute atomic E-state index is 0.826. The third-order valence-electron chi connectivity index (χ3n) is 2.36. The lowest BCUT2D eigenvalue weighted by atomic mass is 10.2. The Morgan fingerprint density at radius 3 is 3.33 bits per heavy atom. The number of fused-ring (bicyclic) bond motifs is 2. The smallest absolute Gasteiger partial charge is 0.0207 e. The van der Waals surface area contributed by atoms with Crippen LogP contribution < -0.4 is 5.32 Å². The molecule has 9 heavy (non-hydrogen) atoms. The molecule has 0 radical (unpaired) electrons. The van der Waals surface area contributed by atoms with Crippen molar-refractivity contribution in [2.45, 2.75) is 18.9 Å². The van der Waals surface area contributed by atoms with Crippen molar-refractivity contribution in [1.82, 2.24) is 10.2 Å². The molecule has 2 fully saturated rings. The fourth-order valence-corrected chi connectivity index (χ4v) is 1.81. The third kappa shape index (κ3) is 1.10. The van der Waals surface area contributed by atoms with Crippen LogP contribution in [-0.2, 0) is 0 Å². The fourth-order valence-electron chi connectivity index (χ4n) is 1.81. The molecule has 0 aliphatic carbocycles. The highest BCUT2D eigenvalue weighted by Gasteiger charge is 2.23. The monoisotopic (exact) mass is 126 g/mol. The van der Waals surface area contributed by atoms with Crippen LogP contribution in [0.4, 0.5) is 0 Å². The van der Waals surface area contributed by atoms with Crippen molar-refractivity contribution in [2.75, 3.05) is 26.2 Å². The first kappa shape index (κ1) is 5.69. The summed E-state index contributed by atoms with van der Waals surface area (Å²) in [6.07, 6.45) is 2.72. The predicted octanol–water partition coefficient (Wildman–Crippen LogP) is 0.0540. The normalized spacial score (nSPS) is 42.7. The molecule has 2 rings (SSSR count). The van der Waals surface area contributed by atoms with E-state index in [2.05, 4.69) is 10.2 Å². The van der Waals surface area contributed by atoms with E-state index in [9.17, 15) is 0 Å². The molecule has 0 aromatic heterocycles. The molecule has 0 spiro atoms. The SMILES string of the molecule is C1CNC2CCN(C1)C2. The van der Waals surface area contributed by atoms with Gasteiger partial charge in [-0.25, -0.2) is 0 Å². The van der Waals surface area contributed by atoms with Gasteiger partial charge in [-0.2, -0.15) is 0 Å². The van der Waals surface area contributed by atoms with Gasteiger partial charge < -0.3 is 10.2 Å². The van der Waals surface area contributed by atoms with E-state index in [0.29, 0.717) is 0 Å². The van der Waals surface area contributed by atoms with Crippen LogP contribution in [0.25, 0.3) is 0 Å². The van der Waals surface area contributed by atoms with E-state index in [1.54, 1.807) is 0 Å². The molecule has 2 aliphatic rings. The van der Waals surface area contributed by atoms with Crippen molar-refractivity contribution in [3.63, 3.8) is 0 Å². The third-order valence-corrected chi connectivity index (χ3v) is 2.36. The Labute approximate surface area is 56.2 Å². The van der Waals surface area contributed by atoms with Crippen molar-refractivity contribution in [1.29, 1.82) is 0 Å². The summed E-state index contributed by atoms with van der Waals surface area (Å²) in [7, 11) is 0. The van der Waals surface area contributed by atoms with Crippen molar-refractivity contribution >= 4 is 0 Å². The molecule has 0 aromatic rings. The molecule has 52 valence electrons. The summed E-state index contributed by atoms with van der Waals surface area (Å²) in [5.74, 6) is 0. The zero-order valence-corrected chi connectivity index (χ0v) is 5.77. The Balaban J connectivity index is 1.99. The summed E-state index contributed by atoms with van der Waals surface area (Å²) >= 11 is 0. The van der Waals surface area contributed by atoms with Gasteiger partial charge >= 0.3 is 0 Å². The Bertz CT molecular complexity index is 91.1. The van der Waals surface area contributed by atoms with E-state index in [1.807, 2.05) is 0 Å². The van der Waals surface area contributed by atoms with Crippen molar-refractivity contribution in [2.24, 2.45) is 0 Å². The van der Waals surface area contributed by atoms with Crippen LogP contribution in [-0.4, -0.2) is 37.1 Å². The first-order valence-corrected chi connectivity index (χ1v) is 3.91. The highest BCUT2D eigenvalue weighted by atomic mass is 15.2. The molecular weight excluding hydrogens is 112 g/mol. The average Bonchev–Trinajstić information content (AvgIpc) is 2.09. The first-order chi connectivity index (χ1) is 4.45. The van der Waals surface area contributed by atoms with E-state index in [1.165, 1.54) is 39.0 Å². The van der Waals surface area contributed by atoms with Gasteiger partial charge in [0.05, 0.1) is 0 Å². The number of nitrogens with zero attached hydrogens (tertiary/aromatic N) is 1. The molecule has 2 unspecified atom stereocenters. The number of hydrogen-bond acceptors (Lipinski definition) is 2. The second kappa shape index (κ2) is 2.27. The molecule has 0 amide bonds. The Hall–Kier alpha value is -0.0800. The van der Waals surface area contributed by atoms with Crippen LogP contribution in [0.3, 0.4) is 0 Å². The van der Waals surface area contributed by atoms with Gasteiger partial charge in [-0.1, -0.05) is 0 Å². The maximum absolute atomic E-state index is 3.53. The van der Waals surface area contributed by atoms with Gasteiger partial charge in [-0.05, 0) is 32.5 Å². The molecule has 2 bridgehead atoms. The Morgan fingerprint density at radius 2 is 2.33 bits per heavy atom. The predicted molar refractivity (Wildman–Crippen MR) is 37.5 cm³/mol. The second-order valence-electron chi connectivity index (χ2n) is 3.09. The average molecular weight is 126 g/mol. The van der Waals surface area contributed by atoms with Crippen molar-refractivity contribution in [3.8, 4) is 0 Å². The largest absolute Gasteiger partial charge is 0.313 e. The molecule has 2 heterocycles. The van der Waals surface area contributed by atoms with Gasteiger partial charge in [0.2, 0.25) is 0 Å². The van der Waals surface area contributed by atoms with Crippen LogP contribution in [0.15, 0.2) is 0 Å². The maximum atomic E-state index is 3.53. The topological polar surface area (TPSA) is 15.3 Å². The maximum Gasteiger partial charge on any atom is 0.0207 e. The fraction of sp³-hybridized carbons (Fsp3) is 1.00. The van der Waals surface area contributed by atoms with Crippen LogP contribution in [0, 0.1) is 0 Å². The van der Waals surface area contributed by atoms with Crippen LogP contribution in [0.2, 0.25) is 0 Å². The van der Waals surface area contributed by atoms with Crippen LogP contribution >= 0.6 is 0 Å². The highest BCUT2D eigenvalue weighted by Crippen LogP contribution is 2.11. The molecule has 0 saturated carbocycles. The summed E-state index contributed by atoms with van der Waals surface area (Å²) in [4.78, 5) is 2.56. The summed E-state index contributed by atoms with van der Waals surface area (Å²) in [5, 5.41) is 3.53. The van der Waals surface area contributed by atoms with E-state index in [-0.39, 0.29) is 0 Å². The highest BCUT2D eigenvalue weighted by molar-refractivity contribution is 4.83. The Morgan fingerprint density at radius 1 is 1.33 bits per heavy atom. The zero-order chi connectivity index (χ0) is 6.10. The van der Waals surface area contributed by atoms with Gasteiger partial charge in [0.1, 0.15) is 0 Å². The number of hydrogen-bond donors (Lipinski definition) is 1. The molecule has 1 N–H and O–H groups in total. The van der Waals surface area contributed by atoms with E-state index >= 15 is 0 Å². The minimum Gasteiger partial charge on any atom is -0.313 e.